The molecular weight excluding hydrogens is 246 g/mol. The molecule has 0 heterocycles. The van der Waals surface area contributed by atoms with Gasteiger partial charge < -0.3 is 4.90 Å². The summed E-state index contributed by atoms with van der Waals surface area (Å²) in [6, 6.07) is 10.3. The third-order valence-electron chi connectivity index (χ3n) is 4.44. The Labute approximate surface area is 122 Å². The fraction of sp³-hybridized carbons (Fsp3) is 0.500. The van der Waals surface area contributed by atoms with Gasteiger partial charge >= 0.3 is 0 Å². The highest BCUT2D eigenvalue weighted by atomic mass is 16.2. The summed E-state index contributed by atoms with van der Waals surface area (Å²) in [6.45, 7) is 6.32. The maximum atomic E-state index is 12.2. The maximum absolute atomic E-state index is 12.2. The zero-order chi connectivity index (χ0) is 14.4. The quantitative estimate of drug-likeness (QED) is 0.731. The van der Waals surface area contributed by atoms with E-state index >= 15 is 0 Å². The van der Waals surface area contributed by atoms with E-state index in [9.17, 15) is 4.79 Å². The van der Waals surface area contributed by atoms with Crippen molar-refractivity contribution in [2.45, 2.75) is 57.5 Å². The van der Waals surface area contributed by atoms with Gasteiger partial charge in [-0.05, 0) is 24.8 Å². The molecule has 1 fully saturated rings. The Morgan fingerprint density at radius 2 is 1.90 bits per heavy atom. The lowest BCUT2D eigenvalue weighted by atomic mass is 9.77. The minimum Gasteiger partial charge on any atom is -0.333 e. The second kappa shape index (κ2) is 6.74. The van der Waals surface area contributed by atoms with Gasteiger partial charge in [-0.1, -0.05) is 55.7 Å². The molecule has 2 nitrogen and oxygen atoms in total. The Hall–Kier alpha value is -1.57. The van der Waals surface area contributed by atoms with E-state index < -0.39 is 0 Å². The molecule has 1 aromatic rings. The Kier molecular flexibility index (Phi) is 4.99. The van der Waals surface area contributed by atoms with Crippen LogP contribution < -0.4 is 0 Å². The molecule has 0 aliphatic heterocycles. The first-order valence-electron chi connectivity index (χ1n) is 7.61. The van der Waals surface area contributed by atoms with E-state index in [2.05, 4.69) is 23.6 Å². The van der Waals surface area contributed by atoms with Crippen LogP contribution in [-0.4, -0.2) is 16.3 Å². The van der Waals surface area contributed by atoms with E-state index in [1.165, 1.54) is 24.8 Å². The monoisotopic (exact) mass is 271 g/mol. The zero-order valence-electron chi connectivity index (χ0n) is 12.5. The summed E-state index contributed by atoms with van der Waals surface area (Å²) in [5.74, 6) is 0.178. The normalized spacial score (nSPS) is 17.4. The molecule has 1 aromatic carbocycles. The molecule has 0 unspecified atom stereocenters. The summed E-state index contributed by atoms with van der Waals surface area (Å²) in [4.78, 5) is 14.3. The highest BCUT2D eigenvalue weighted by molar-refractivity contribution is 5.74. The maximum Gasteiger partial charge on any atom is 0.220 e. The van der Waals surface area contributed by atoms with Crippen LogP contribution in [0.15, 0.2) is 43.0 Å². The van der Waals surface area contributed by atoms with E-state index in [1.54, 1.807) is 6.92 Å². The highest BCUT2D eigenvalue weighted by Gasteiger charge is 2.38. The number of hydrogen-bond donors (Lipinski definition) is 0. The van der Waals surface area contributed by atoms with Gasteiger partial charge in [-0.25, -0.2) is 0 Å². The molecule has 0 spiro atoms. The second-order valence-corrected chi connectivity index (χ2v) is 5.87. The molecule has 0 radical (unpaired) electrons. The number of benzene rings is 1. The van der Waals surface area contributed by atoms with Crippen molar-refractivity contribution in [3.8, 4) is 0 Å². The Bertz CT molecular complexity index is 446. The summed E-state index contributed by atoms with van der Waals surface area (Å²) in [5.41, 5.74) is 1.19. The van der Waals surface area contributed by atoms with Crippen LogP contribution in [0.3, 0.4) is 0 Å². The fourth-order valence-corrected chi connectivity index (χ4v) is 3.44. The zero-order valence-corrected chi connectivity index (χ0v) is 12.5. The van der Waals surface area contributed by atoms with Crippen molar-refractivity contribution >= 4 is 5.91 Å². The van der Waals surface area contributed by atoms with Gasteiger partial charge in [-0.2, -0.15) is 0 Å². The van der Waals surface area contributed by atoms with Crippen LogP contribution in [0, 0.1) is 0 Å². The van der Waals surface area contributed by atoms with Crippen molar-refractivity contribution < 1.29 is 4.79 Å². The first-order valence-corrected chi connectivity index (χ1v) is 7.61. The van der Waals surface area contributed by atoms with E-state index in [0.717, 1.165) is 19.3 Å². The van der Waals surface area contributed by atoms with Crippen molar-refractivity contribution in [1.82, 2.24) is 4.90 Å². The van der Waals surface area contributed by atoms with Crippen LogP contribution in [0.4, 0.5) is 0 Å². The molecule has 1 saturated carbocycles. The Morgan fingerprint density at radius 1 is 1.25 bits per heavy atom. The first kappa shape index (κ1) is 14.8. The molecule has 2 rings (SSSR count). The number of rotatable bonds is 5. The number of carbonyl (C=O) groups excluding carboxylic acids is 1. The van der Waals surface area contributed by atoms with E-state index in [4.69, 9.17) is 0 Å². The molecule has 1 aliphatic carbocycles. The molecule has 0 atom stereocenters. The van der Waals surface area contributed by atoms with Gasteiger partial charge in [-0.15, -0.1) is 6.58 Å². The van der Waals surface area contributed by atoms with Crippen molar-refractivity contribution in [1.29, 1.82) is 0 Å². The van der Waals surface area contributed by atoms with E-state index in [0.29, 0.717) is 6.54 Å². The van der Waals surface area contributed by atoms with Gasteiger partial charge in [0.2, 0.25) is 5.91 Å². The number of hydrogen-bond acceptors (Lipinski definition) is 1. The second-order valence-electron chi connectivity index (χ2n) is 5.87. The standard InChI is InChI=1S/C18H25NO/c1-3-12-18(13-8-5-9-14-18)19(16(2)20)15-17-10-6-4-7-11-17/h3-4,6-7,10-11H,1,5,8-9,12-15H2,2H3. The van der Waals surface area contributed by atoms with Gasteiger partial charge in [0.1, 0.15) is 0 Å². The lowest BCUT2D eigenvalue weighted by molar-refractivity contribution is -0.137. The van der Waals surface area contributed by atoms with Crippen molar-refractivity contribution in [3.05, 3.63) is 48.6 Å². The van der Waals surface area contributed by atoms with Crippen LogP contribution in [-0.2, 0) is 11.3 Å². The lowest BCUT2D eigenvalue weighted by Gasteiger charge is -2.46. The summed E-state index contributed by atoms with van der Waals surface area (Å²) in [7, 11) is 0. The van der Waals surface area contributed by atoms with Crippen LogP contribution in [0.2, 0.25) is 0 Å². The van der Waals surface area contributed by atoms with Gasteiger partial charge in [0.05, 0.1) is 0 Å². The Morgan fingerprint density at radius 3 is 2.45 bits per heavy atom. The smallest absolute Gasteiger partial charge is 0.220 e. The fourth-order valence-electron chi connectivity index (χ4n) is 3.44. The van der Waals surface area contributed by atoms with Crippen LogP contribution in [0.5, 0.6) is 0 Å². The van der Waals surface area contributed by atoms with Gasteiger partial charge in [-0.3, -0.25) is 4.79 Å². The van der Waals surface area contributed by atoms with Crippen molar-refractivity contribution in [2.75, 3.05) is 0 Å². The molecule has 0 aromatic heterocycles. The average molecular weight is 271 g/mol. The van der Waals surface area contributed by atoms with E-state index in [-0.39, 0.29) is 11.4 Å². The molecule has 20 heavy (non-hydrogen) atoms. The molecule has 0 bridgehead atoms. The molecule has 1 amide bonds. The van der Waals surface area contributed by atoms with Crippen LogP contribution in [0.1, 0.15) is 51.0 Å². The SMILES string of the molecule is C=CCC1(N(Cc2ccccc2)C(C)=O)CCCCC1. The lowest BCUT2D eigenvalue weighted by Crippen LogP contribution is -2.51. The predicted octanol–water partition coefficient (Wildman–Crippen LogP) is 4.31. The highest BCUT2D eigenvalue weighted by Crippen LogP contribution is 2.37. The molecule has 1 aliphatic rings. The largest absolute Gasteiger partial charge is 0.333 e. The number of nitrogens with zero attached hydrogens (tertiary/aromatic N) is 1. The minimum absolute atomic E-state index is 0.0122. The van der Waals surface area contributed by atoms with Gasteiger partial charge in [0.25, 0.3) is 0 Å². The molecule has 108 valence electrons. The molecular formula is C18H25NO. The summed E-state index contributed by atoms with van der Waals surface area (Å²) < 4.78 is 0. The van der Waals surface area contributed by atoms with Crippen molar-refractivity contribution in [3.63, 3.8) is 0 Å². The van der Waals surface area contributed by atoms with Crippen LogP contribution in [0.25, 0.3) is 0 Å². The third kappa shape index (κ3) is 3.30. The van der Waals surface area contributed by atoms with Crippen LogP contribution >= 0.6 is 0 Å². The third-order valence-corrected chi connectivity index (χ3v) is 4.44. The number of amides is 1. The topological polar surface area (TPSA) is 20.3 Å². The summed E-state index contributed by atoms with van der Waals surface area (Å²) >= 11 is 0. The number of carbonyl (C=O) groups is 1. The molecule has 0 saturated heterocycles. The molecule has 0 N–H and O–H groups in total. The Balaban J connectivity index is 2.24. The van der Waals surface area contributed by atoms with Crippen molar-refractivity contribution in [2.24, 2.45) is 0 Å². The average Bonchev–Trinajstić information content (AvgIpc) is 2.47. The molecule has 2 heteroatoms. The first-order chi connectivity index (χ1) is 9.68. The summed E-state index contributed by atoms with van der Waals surface area (Å²) in [6.07, 6.45) is 8.80. The minimum atomic E-state index is -0.0122. The van der Waals surface area contributed by atoms with E-state index in [1.807, 2.05) is 24.3 Å². The van der Waals surface area contributed by atoms with Gasteiger partial charge in [0.15, 0.2) is 0 Å². The van der Waals surface area contributed by atoms with Gasteiger partial charge in [0, 0.05) is 19.0 Å². The summed E-state index contributed by atoms with van der Waals surface area (Å²) in [5, 5.41) is 0. The predicted molar refractivity (Wildman–Crippen MR) is 83.3 cm³/mol.